The van der Waals surface area contributed by atoms with Crippen LogP contribution in [0.4, 0.5) is 0 Å². The third-order valence-electron chi connectivity index (χ3n) is 4.62. The van der Waals surface area contributed by atoms with Crippen molar-refractivity contribution in [2.75, 3.05) is 7.05 Å². The maximum absolute atomic E-state index is 12.6. The molecular weight excluding hydrogens is 364 g/mol. The Labute approximate surface area is 154 Å². The van der Waals surface area contributed by atoms with Gasteiger partial charge in [0.2, 0.25) is 10.0 Å². The molecule has 140 valence electrons. The van der Waals surface area contributed by atoms with Crippen molar-refractivity contribution < 1.29 is 18.3 Å². The molecule has 1 aliphatic rings. The van der Waals surface area contributed by atoms with E-state index in [1.807, 2.05) is 0 Å². The Hall–Kier alpha value is -1.15. The van der Waals surface area contributed by atoms with Crippen LogP contribution in [0.5, 0.6) is 0 Å². The van der Waals surface area contributed by atoms with E-state index >= 15 is 0 Å². The number of benzene rings is 1. The molecule has 1 amide bonds. The van der Waals surface area contributed by atoms with Crippen LogP contribution in [0.15, 0.2) is 23.1 Å². The van der Waals surface area contributed by atoms with Gasteiger partial charge in [-0.25, -0.2) is 8.42 Å². The van der Waals surface area contributed by atoms with E-state index in [0.29, 0.717) is 25.7 Å². The number of sulfonamides is 1. The number of hydrogen-bond acceptors (Lipinski definition) is 4. The van der Waals surface area contributed by atoms with Crippen LogP contribution >= 0.6 is 11.6 Å². The highest BCUT2D eigenvalue weighted by Crippen LogP contribution is 2.24. The first-order chi connectivity index (χ1) is 11.6. The Kier molecular flexibility index (Phi) is 6.48. The average molecular weight is 389 g/mol. The summed E-state index contributed by atoms with van der Waals surface area (Å²) in [4.78, 5) is 12.6. The van der Waals surface area contributed by atoms with Crippen LogP contribution < -0.4 is 5.32 Å². The van der Waals surface area contributed by atoms with Crippen molar-refractivity contribution in [3.8, 4) is 0 Å². The van der Waals surface area contributed by atoms with Crippen LogP contribution in [0.2, 0.25) is 5.02 Å². The molecule has 0 aromatic heterocycles. The van der Waals surface area contributed by atoms with Crippen LogP contribution in [0.3, 0.4) is 0 Å². The summed E-state index contributed by atoms with van der Waals surface area (Å²) in [5, 5.41) is 12.6. The lowest BCUT2D eigenvalue weighted by Crippen LogP contribution is -2.39. The fraction of sp³-hybridized carbons (Fsp3) is 0.588. The maximum Gasteiger partial charge on any atom is 0.253 e. The zero-order chi connectivity index (χ0) is 18.8. The molecule has 6 nitrogen and oxygen atoms in total. The minimum atomic E-state index is -3.69. The van der Waals surface area contributed by atoms with E-state index in [1.54, 1.807) is 13.8 Å². The van der Waals surface area contributed by atoms with Gasteiger partial charge in [-0.15, -0.1) is 0 Å². The van der Waals surface area contributed by atoms with Gasteiger partial charge < -0.3 is 10.4 Å². The molecule has 0 heterocycles. The smallest absolute Gasteiger partial charge is 0.253 e. The summed E-state index contributed by atoms with van der Waals surface area (Å²) >= 11 is 6.11. The Morgan fingerprint density at radius 2 is 1.88 bits per heavy atom. The van der Waals surface area contributed by atoms with E-state index < -0.39 is 15.9 Å². The summed E-state index contributed by atoms with van der Waals surface area (Å²) in [5.41, 5.74) is 0.144. The number of halogens is 1. The molecule has 1 aromatic carbocycles. The molecule has 2 rings (SSSR count). The zero-order valence-electron chi connectivity index (χ0n) is 14.7. The van der Waals surface area contributed by atoms with Gasteiger partial charge in [-0.05, 0) is 57.7 Å². The number of amides is 1. The molecule has 0 unspecified atom stereocenters. The van der Waals surface area contributed by atoms with Crippen LogP contribution in [0.25, 0.3) is 0 Å². The predicted molar refractivity (Wildman–Crippen MR) is 97.3 cm³/mol. The summed E-state index contributed by atoms with van der Waals surface area (Å²) in [6.07, 6.45) is 2.37. The Balaban J connectivity index is 2.22. The quantitative estimate of drug-likeness (QED) is 0.810. The lowest BCUT2D eigenvalue weighted by molar-refractivity contribution is 0.0867. The van der Waals surface area contributed by atoms with Crippen LogP contribution in [-0.4, -0.2) is 49.0 Å². The minimum absolute atomic E-state index is 0.0365. The molecule has 0 aliphatic heterocycles. The Bertz CT molecular complexity index is 728. The van der Waals surface area contributed by atoms with Crippen molar-refractivity contribution in [1.29, 1.82) is 0 Å². The summed E-state index contributed by atoms with van der Waals surface area (Å²) in [7, 11) is -2.19. The van der Waals surface area contributed by atoms with E-state index in [1.165, 1.54) is 29.6 Å². The molecule has 8 heteroatoms. The van der Waals surface area contributed by atoms with Crippen LogP contribution in [-0.2, 0) is 10.0 Å². The van der Waals surface area contributed by atoms with E-state index in [0.717, 1.165) is 0 Å². The standard InChI is InChI=1S/C17H25ClN2O4S/c1-11(2)20(3)25(23,24)14-8-9-16(18)15(10-14)17(22)19-12-4-6-13(21)7-5-12/h8-13,21H,4-7H2,1-3H3,(H,19,22). The summed E-state index contributed by atoms with van der Waals surface area (Å²) in [6.45, 7) is 3.55. The fourth-order valence-electron chi connectivity index (χ4n) is 2.77. The SMILES string of the molecule is CC(C)N(C)S(=O)(=O)c1ccc(Cl)c(C(=O)NC2CCC(O)CC2)c1. The van der Waals surface area contributed by atoms with E-state index in [2.05, 4.69) is 5.32 Å². The second-order valence-electron chi connectivity index (χ2n) is 6.74. The van der Waals surface area contributed by atoms with Crippen molar-refractivity contribution in [3.63, 3.8) is 0 Å². The molecule has 1 aliphatic carbocycles. The predicted octanol–water partition coefficient (Wildman–Crippen LogP) is 2.40. The van der Waals surface area contributed by atoms with Crippen molar-refractivity contribution in [3.05, 3.63) is 28.8 Å². The van der Waals surface area contributed by atoms with Gasteiger partial charge in [0.25, 0.3) is 5.91 Å². The summed E-state index contributed by atoms with van der Waals surface area (Å²) in [6, 6.07) is 3.92. The van der Waals surface area contributed by atoms with Gasteiger partial charge in [-0.3, -0.25) is 4.79 Å². The van der Waals surface area contributed by atoms with Gasteiger partial charge in [-0.1, -0.05) is 11.6 Å². The number of aliphatic hydroxyl groups is 1. The largest absolute Gasteiger partial charge is 0.393 e. The highest BCUT2D eigenvalue weighted by molar-refractivity contribution is 7.89. The summed E-state index contributed by atoms with van der Waals surface area (Å²) < 4.78 is 26.5. The molecule has 0 radical (unpaired) electrons. The molecule has 0 bridgehead atoms. The molecule has 25 heavy (non-hydrogen) atoms. The first-order valence-electron chi connectivity index (χ1n) is 8.39. The lowest BCUT2D eigenvalue weighted by Gasteiger charge is -2.26. The molecule has 1 saturated carbocycles. The van der Waals surface area contributed by atoms with E-state index in [9.17, 15) is 18.3 Å². The molecule has 1 aromatic rings. The zero-order valence-corrected chi connectivity index (χ0v) is 16.3. The maximum atomic E-state index is 12.6. The highest BCUT2D eigenvalue weighted by Gasteiger charge is 2.26. The first kappa shape index (κ1) is 20.2. The van der Waals surface area contributed by atoms with Crippen molar-refractivity contribution in [1.82, 2.24) is 9.62 Å². The van der Waals surface area contributed by atoms with E-state index in [4.69, 9.17) is 11.6 Å². The number of hydrogen-bond donors (Lipinski definition) is 2. The molecule has 0 atom stereocenters. The van der Waals surface area contributed by atoms with E-state index in [-0.39, 0.29) is 33.7 Å². The van der Waals surface area contributed by atoms with Crippen LogP contribution in [0, 0.1) is 0 Å². The number of nitrogens with one attached hydrogen (secondary N) is 1. The third-order valence-corrected chi connectivity index (χ3v) is 6.98. The number of carbonyl (C=O) groups is 1. The third kappa shape index (κ3) is 4.73. The number of aliphatic hydroxyl groups excluding tert-OH is 1. The van der Waals surface area contributed by atoms with Gasteiger partial charge >= 0.3 is 0 Å². The molecule has 2 N–H and O–H groups in total. The van der Waals surface area contributed by atoms with Gasteiger partial charge in [0, 0.05) is 19.1 Å². The Morgan fingerprint density at radius 1 is 1.28 bits per heavy atom. The van der Waals surface area contributed by atoms with Crippen molar-refractivity contribution in [2.24, 2.45) is 0 Å². The first-order valence-corrected chi connectivity index (χ1v) is 10.2. The molecular formula is C17H25ClN2O4S. The van der Waals surface area contributed by atoms with Gasteiger partial charge in [0.1, 0.15) is 0 Å². The van der Waals surface area contributed by atoms with Gasteiger partial charge in [0.15, 0.2) is 0 Å². The normalized spacial score (nSPS) is 21.6. The number of rotatable bonds is 5. The topological polar surface area (TPSA) is 86.7 Å². The molecule has 1 fully saturated rings. The monoisotopic (exact) mass is 388 g/mol. The lowest BCUT2D eigenvalue weighted by atomic mass is 9.93. The Morgan fingerprint density at radius 3 is 2.44 bits per heavy atom. The van der Waals surface area contributed by atoms with Crippen LogP contribution in [0.1, 0.15) is 49.9 Å². The average Bonchev–Trinajstić information content (AvgIpc) is 2.56. The second kappa shape index (κ2) is 8.03. The molecule has 0 spiro atoms. The minimum Gasteiger partial charge on any atom is -0.393 e. The second-order valence-corrected chi connectivity index (χ2v) is 9.14. The number of carbonyl (C=O) groups excluding carboxylic acids is 1. The fourth-order valence-corrected chi connectivity index (χ4v) is 4.36. The van der Waals surface area contributed by atoms with Crippen molar-refractivity contribution in [2.45, 2.75) is 62.6 Å². The van der Waals surface area contributed by atoms with Gasteiger partial charge in [-0.2, -0.15) is 4.31 Å². The van der Waals surface area contributed by atoms with Crippen molar-refractivity contribution >= 4 is 27.5 Å². The number of nitrogens with zero attached hydrogens (tertiary/aromatic N) is 1. The molecule has 0 saturated heterocycles. The van der Waals surface area contributed by atoms with Gasteiger partial charge in [0.05, 0.1) is 21.6 Å². The summed E-state index contributed by atoms with van der Waals surface area (Å²) in [5.74, 6) is -0.393. The highest BCUT2D eigenvalue weighted by atomic mass is 35.5.